The van der Waals surface area contributed by atoms with Crippen LogP contribution in [0.3, 0.4) is 0 Å². The number of rotatable bonds is 3. The maximum Gasteiger partial charge on any atom is 0.260 e. The Morgan fingerprint density at radius 2 is 2.06 bits per heavy atom. The number of benzene rings is 1. The average molecular weight is 250 g/mol. The van der Waals surface area contributed by atoms with Gasteiger partial charge in [0, 0.05) is 19.2 Å². The number of hydrogen-bond donors (Lipinski definition) is 2. The molecule has 5 heteroatoms. The highest BCUT2D eigenvalue weighted by molar-refractivity contribution is 5.77. The molecule has 1 aromatic rings. The number of anilines is 1. The van der Waals surface area contributed by atoms with E-state index in [0.29, 0.717) is 11.4 Å². The van der Waals surface area contributed by atoms with Gasteiger partial charge in [-0.2, -0.15) is 0 Å². The molecule has 0 spiro atoms. The number of carbonyl (C=O) groups excluding carboxylic acids is 1. The largest absolute Gasteiger partial charge is 0.506 e. The Balaban J connectivity index is 1.86. The van der Waals surface area contributed by atoms with Crippen molar-refractivity contribution >= 4 is 11.6 Å². The molecular weight excluding hydrogens is 232 g/mol. The fourth-order valence-corrected chi connectivity index (χ4v) is 1.99. The van der Waals surface area contributed by atoms with Crippen molar-refractivity contribution in [2.45, 2.75) is 19.3 Å². The van der Waals surface area contributed by atoms with Crippen LogP contribution in [0.2, 0.25) is 0 Å². The molecule has 1 aliphatic heterocycles. The molecular formula is C13H18N2O3. The highest BCUT2D eigenvalue weighted by Crippen LogP contribution is 2.25. The monoisotopic (exact) mass is 250 g/mol. The second-order valence-corrected chi connectivity index (χ2v) is 4.45. The number of ether oxygens (including phenoxy) is 1. The Labute approximate surface area is 106 Å². The summed E-state index contributed by atoms with van der Waals surface area (Å²) in [7, 11) is 0. The molecule has 0 aliphatic carbocycles. The number of amides is 1. The molecule has 1 heterocycles. The molecule has 0 unspecified atom stereocenters. The molecule has 1 aliphatic rings. The third-order valence-electron chi connectivity index (χ3n) is 3.07. The van der Waals surface area contributed by atoms with Crippen LogP contribution in [-0.2, 0) is 4.79 Å². The van der Waals surface area contributed by atoms with Crippen molar-refractivity contribution in [3.63, 3.8) is 0 Å². The Kier molecular flexibility index (Phi) is 3.92. The topological polar surface area (TPSA) is 75.8 Å². The van der Waals surface area contributed by atoms with Gasteiger partial charge in [0.1, 0.15) is 11.5 Å². The fraction of sp³-hybridized carbons (Fsp3) is 0.462. The lowest BCUT2D eigenvalue weighted by atomic mass is 10.1. The zero-order valence-electron chi connectivity index (χ0n) is 10.3. The van der Waals surface area contributed by atoms with Gasteiger partial charge in [0.15, 0.2) is 6.61 Å². The summed E-state index contributed by atoms with van der Waals surface area (Å²) < 4.78 is 5.35. The molecule has 5 nitrogen and oxygen atoms in total. The predicted octanol–water partition coefficient (Wildman–Crippen LogP) is 1.37. The van der Waals surface area contributed by atoms with Crippen molar-refractivity contribution in [1.82, 2.24) is 4.90 Å². The summed E-state index contributed by atoms with van der Waals surface area (Å²) in [6.45, 7) is 1.63. The number of nitrogens with two attached hydrogens (primary N) is 1. The third kappa shape index (κ3) is 3.06. The third-order valence-corrected chi connectivity index (χ3v) is 3.07. The van der Waals surface area contributed by atoms with Gasteiger partial charge < -0.3 is 20.5 Å². The van der Waals surface area contributed by atoms with Crippen molar-refractivity contribution in [3.8, 4) is 11.5 Å². The van der Waals surface area contributed by atoms with E-state index >= 15 is 0 Å². The first kappa shape index (κ1) is 12.5. The van der Waals surface area contributed by atoms with E-state index in [1.165, 1.54) is 12.5 Å². The number of hydrogen-bond acceptors (Lipinski definition) is 4. The van der Waals surface area contributed by atoms with Crippen molar-refractivity contribution in [3.05, 3.63) is 18.2 Å². The van der Waals surface area contributed by atoms with Gasteiger partial charge in [-0.3, -0.25) is 4.79 Å². The Hall–Kier alpha value is -1.91. The molecule has 1 aromatic carbocycles. The predicted molar refractivity (Wildman–Crippen MR) is 68.4 cm³/mol. The van der Waals surface area contributed by atoms with Crippen molar-refractivity contribution in [1.29, 1.82) is 0 Å². The standard InChI is InChI=1S/C13H18N2O3/c14-11-5-4-10(8-12(11)16)18-9-13(17)15-6-2-1-3-7-15/h4-5,8,16H,1-3,6-7,9,14H2. The number of phenols is 1. The molecule has 1 amide bonds. The minimum atomic E-state index is -0.0297. The maximum absolute atomic E-state index is 11.8. The summed E-state index contributed by atoms with van der Waals surface area (Å²) in [6.07, 6.45) is 3.32. The Morgan fingerprint density at radius 1 is 1.33 bits per heavy atom. The molecule has 1 fully saturated rings. The van der Waals surface area contributed by atoms with E-state index in [1.54, 1.807) is 12.1 Å². The van der Waals surface area contributed by atoms with Gasteiger partial charge >= 0.3 is 0 Å². The van der Waals surface area contributed by atoms with Gasteiger partial charge in [-0.15, -0.1) is 0 Å². The number of piperidine rings is 1. The second-order valence-electron chi connectivity index (χ2n) is 4.45. The summed E-state index contributed by atoms with van der Waals surface area (Å²) in [5, 5.41) is 9.41. The summed E-state index contributed by atoms with van der Waals surface area (Å²) in [4.78, 5) is 13.7. The van der Waals surface area contributed by atoms with Crippen LogP contribution in [0.1, 0.15) is 19.3 Å². The summed E-state index contributed by atoms with van der Waals surface area (Å²) in [5.74, 6) is 0.413. The minimum absolute atomic E-state index is 0.00333. The van der Waals surface area contributed by atoms with E-state index in [0.717, 1.165) is 25.9 Å². The first-order chi connectivity index (χ1) is 8.66. The van der Waals surface area contributed by atoms with Crippen LogP contribution < -0.4 is 10.5 Å². The number of nitrogen functional groups attached to an aromatic ring is 1. The van der Waals surface area contributed by atoms with E-state index in [1.807, 2.05) is 4.90 Å². The highest BCUT2D eigenvalue weighted by Gasteiger charge is 2.16. The lowest BCUT2D eigenvalue weighted by Gasteiger charge is -2.26. The van der Waals surface area contributed by atoms with E-state index < -0.39 is 0 Å². The normalized spacial score (nSPS) is 15.4. The number of carbonyl (C=O) groups is 1. The number of likely N-dealkylation sites (tertiary alicyclic amines) is 1. The van der Waals surface area contributed by atoms with Crippen LogP contribution in [0.5, 0.6) is 11.5 Å². The molecule has 0 aromatic heterocycles. The summed E-state index contributed by atoms with van der Waals surface area (Å²) in [5.41, 5.74) is 5.78. The van der Waals surface area contributed by atoms with Gasteiger partial charge in [-0.05, 0) is 31.4 Å². The minimum Gasteiger partial charge on any atom is -0.506 e. The number of aromatic hydroxyl groups is 1. The molecule has 0 saturated carbocycles. The Bertz CT molecular complexity index is 428. The first-order valence-electron chi connectivity index (χ1n) is 6.16. The molecule has 3 N–H and O–H groups in total. The molecule has 1 saturated heterocycles. The van der Waals surface area contributed by atoms with E-state index in [2.05, 4.69) is 0 Å². The number of phenolic OH excluding ortho intramolecular Hbond substituents is 1. The van der Waals surface area contributed by atoms with E-state index in [4.69, 9.17) is 10.5 Å². The lowest BCUT2D eigenvalue weighted by molar-refractivity contribution is -0.134. The van der Waals surface area contributed by atoms with Crippen molar-refractivity contribution in [2.24, 2.45) is 0 Å². The molecule has 2 rings (SSSR count). The quantitative estimate of drug-likeness (QED) is 0.627. The van der Waals surface area contributed by atoms with Gasteiger partial charge in [0.25, 0.3) is 5.91 Å². The van der Waals surface area contributed by atoms with Crippen LogP contribution in [0.4, 0.5) is 5.69 Å². The lowest BCUT2D eigenvalue weighted by Crippen LogP contribution is -2.38. The summed E-state index contributed by atoms with van der Waals surface area (Å²) >= 11 is 0. The van der Waals surface area contributed by atoms with Crippen LogP contribution in [-0.4, -0.2) is 35.6 Å². The zero-order valence-corrected chi connectivity index (χ0v) is 10.3. The maximum atomic E-state index is 11.8. The molecule has 0 radical (unpaired) electrons. The molecule has 0 atom stereocenters. The molecule has 18 heavy (non-hydrogen) atoms. The highest BCUT2D eigenvalue weighted by atomic mass is 16.5. The summed E-state index contributed by atoms with van der Waals surface area (Å²) in [6, 6.07) is 4.60. The van der Waals surface area contributed by atoms with Gasteiger partial charge in [0.2, 0.25) is 0 Å². The van der Waals surface area contributed by atoms with Crippen molar-refractivity contribution < 1.29 is 14.6 Å². The van der Waals surface area contributed by atoms with Crippen LogP contribution >= 0.6 is 0 Å². The second kappa shape index (κ2) is 5.62. The molecule has 0 bridgehead atoms. The van der Waals surface area contributed by atoms with Gasteiger partial charge in [0.05, 0.1) is 5.69 Å². The zero-order chi connectivity index (χ0) is 13.0. The van der Waals surface area contributed by atoms with Crippen LogP contribution in [0.25, 0.3) is 0 Å². The van der Waals surface area contributed by atoms with Crippen LogP contribution in [0.15, 0.2) is 18.2 Å². The van der Waals surface area contributed by atoms with Crippen LogP contribution in [0, 0.1) is 0 Å². The van der Waals surface area contributed by atoms with Crippen molar-refractivity contribution in [2.75, 3.05) is 25.4 Å². The smallest absolute Gasteiger partial charge is 0.260 e. The number of nitrogens with zero attached hydrogens (tertiary/aromatic N) is 1. The fourth-order valence-electron chi connectivity index (χ4n) is 1.99. The van der Waals surface area contributed by atoms with Gasteiger partial charge in [-0.25, -0.2) is 0 Å². The van der Waals surface area contributed by atoms with Gasteiger partial charge in [-0.1, -0.05) is 0 Å². The SMILES string of the molecule is Nc1ccc(OCC(=O)N2CCCCC2)cc1O. The average Bonchev–Trinajstić information content (AvgIpc) is 2.41. The Morgan fingerprint density at radius 3 is 2.72 bits per heavy atom. The first-order valence-corrected chi connectivity index (χ1v) is 6.16. The van der Waals surface area contributed by atoms with E-state index in [9.17, 15) is 9.90 Å². The molecule has 98 valence electrons. The van der Waals surface area contributed by atoms with E-state index in [-0.39, 0.29) is 18.3 Å².